The van der Waals surface area contributed by atoms with Gasteiger partial charge in [-0.25, -0.2) is 4.68 Å². The highest BCUT2D eigenvalue weighted by Gasteiger charge is 2.47. The van der Waals surface area contributed by atoms with Gasteiger partial charge in [0, 0.05) is 22.7 Å². The number of nitrogens with one attached hydrogen (secondary N) is 2. The molecule has 0 spiro atoms. The van der Waals surface area contributed by atoms with Crippen molar-refractivity contribution in [3.8, 4) is 0 Å². The maximum absolute atomic E-state index is 14.1. The van der Waals surface area contributed by atoms with E-state index in [1.54, 1.807) is 60.7 Å². The fourth-order valence-electron chi connectivity index (χ4n) is 4.51. The second kappa shape index (κ2) is 10.4. The van der Waals surface area contributed by atoms with Gasteiger partial charge in [-0.3, -0.25) is 4.79 Å². The van der Waals surface area contributed by atoms with Crippen molar-refractivity contribution < 1.29 is 23.1 Å². The van der Waals surface area contributed by atoms with E-state index in [1.165, 1.54) is 18.2 Å². The van der Waals surface area contributed by atoms with Crippen LogP contribution in [-0.4, -0.2) is 27.0 Å². The van der Waals surface area contributed by atoms with E-state index in [4.69, 9.17) is 11.6 Å². The monoisotopic (exact) mass is 604 g/mol. The molecule has 1 aliphatic rings. The number of amides is 1. The quantitative estimate of drug-likeness (QED) is 0.223. The molecule has 0 unspecified atom stereocenters. The zero-order chi connectivity index (χ0) is 27.0. The number of alkyl halides is 3. The van der Waals surface area contributed by atoms with E-state index in [0.29, 0.717) is 21.7 Å². The highest BCUT2D eigenvalue weighted by atomic mass is 79.9. The van der Waals surface area contributed by atoms with E-state index < -0.39 is 30.3 Å². The van der Waals surface area contributed by atoms with Gasteiger partial charge in [0.25, 0.3) is 5.91 Å². The fraction of sp³-hybridized carbons (Fsp3) is 0.185. The first-order chi connectivity index (χ1) is 18.1. The molecule has 2 heterocycles. The molecule has 196 valence electrons. The molecule has 0 radical (unpaired) electrons. The fourth-order valence-corrected chi connectivity index (χ4v) is 5.24. The van der Waals surface area contributed by atoms with Crippen LogP contribution in [0.25, 0.3) is 0 Å². The van der Waals surface area contributed by atoms with Crippen LogP contribution in [-0.2, 0) is 0 Å². The van der Waals surface area contributed by atoms with Gasteiger partial charge in [0.05, 0.1) is 10.5 Å². The van der Waals surface area contributed by atoms with Crippen LogP contribution in [0.3, 0.4) is 0 Å². The van der Waals surface area contributed by atoms with Crippen LogP contribution in [0, 0.1) is 0 Å². The number of benzene rings is 3. The first-order valence-corrected chi connectivity index (χ1v) is 12.8. The molecule has 6 nitrogen and oxygen atoms in total. The molecule has 11 heteroatoms. The lowest BCUT2D eigenvalue weighted by molar-refractivity contribution is -0.173. The molecule has 0 bridgehead atoms. The average molecular weight is 606 g/mol. The predicted molar refractivity (Wildman–Crippen MR) is 142 cm³/mol. The highest BCUT2D eigenvalue weighted by molar-refractivity contribution is 9.10. The predicted octanol–water partition coefficient (Wildman–Crippen LogP) is 7.29. The molecule has 4 aromatic rings. The molecule has 1 aliphatic heterocycles. The molecule has 3 aromatic carbocycles. The Morgan fingerprint density at radius 3 is 2.42 bits per heavy atom. The smallest absolute Gasteiger partial charge is 0.384 e. The van der Waals surface area contributed by atoms with Crippen molar-refractivity contribution in [2.45, 2.75) is 30.8 Å². The van der Waals surface area contributed by atoms with Crippen molar-refractivity contribution in [1.82, 2.24) is 9.78 Å². The minimum Gasteiger partial charge on any atom is -0.384 e. The third-order valence-electron chi connectivity index (χ3n) is 6.38. The van der Waals surface area contributed by atoms with E-state index in [1.807, 2.05) is 0 Å². The molecule has 5 rings (SSSR count). The summed E-state index contributed by atoms with van der Waals surface area (Å²) in [7, 11) is 0. The highest BCUT2D eigenvalue weighted by Crippen LogP contribution is 2.46. The Kier molecular flexibility index (Phi) is 7.21. The maximum Gasteiger partial charge on any atom is 0.410 e. The Morgan fingerprint density at radius 2 is 1.76 bits per heavy atom. The van der Waals surface area contributed by atoms with Crippen molar-refractivity contribution in [3.63, 3.8) is 0 Å². The first-order valence-electron chi connectivity index (χ1n) is 11.6. The molecule has 1 aromatic heterocycles. The maximum atomic E-state index is 14.1. The van der Waals surface area contributed by atoms with E-state index in [-0.39, 0.29) is 28.1 Å². The van der Waals surface area contributed by atoms with E-state index in [9.17, 15) is 23.1 Å². The largest absolute Gasteiger partial charge is 0.410 e. The second-order valence-corrected chi connectivity index (χ2v) is 10.1. The average Bonchev–Trinajstić information content (AvgIpc) is 3.25. The van der Waals surface area contributed by atoms with Crippen LogP contribution in [0.1, 0.15) is 51.8 Å². The molecule has 0 fully saturated rings. The number of hydrogen-bond acceptors (Lipinski definition) is 4. The lowest BCUT2D eigenvalue weighted by Crippen LogP contribution is -2.35. The van der Waals surface area contributed by atoms with Crippen molar-refractivity contribution in [2.24, 2.45) is 0 Å². The summed E-state index contributed by atoms with van der Waals surface area (Å²) in [4.78, 5) is 13.3. The standard InChI is InChI=1S/C27H21BrClF3N4O2/c28-22-23(26(38)34-19-12-11-17(29)13-18(19)24(37)16-9-5-2-6-10-16)35-36-21(27(30,31)32)14-20(33-25(22)36)15-7-3-1-4-8-15/h1-13,20-21,24,33,37H,14H2,(H,34,38)/t20-,21-,24-/m1/s1. The number of anilines is 2. The first kappa shape index (κ1) is 26.3. The topological polar surface area (TPSA) is 79.2 Å². The number of aliphatic hydroxyl groups is 1. The number of carbonyl (C=O) groups excluding carboxylic acids is 1. The molecule has 1 amide bonds. The van der Waals surface area contributed by atoms with Crippen LogP contribution in [0.2, 0.25) is 5.02 Å². The lowest BCUT2D eigenvalue weighted by Gasteiger charge is -2.33. The number of carbonyl (C=O) groups is 1. The third kappa shape index (κ3) is 5.16. The zero-order valence-electron chi connectivity index (χ0n) is 19.6. The van der Waals surface area contributed by atoms with Crippen molar-refractivity contribution in [1.29, 1.82) is 0 Å². The molecule has 0 aliphatic carbocycles. The summed E-state index contributed by atoms with van der Waals surface area (Å²) >= 11 is 9.45. The number of aromatic nitrogens is 2. The summed E-state index contributed by atoms with van der Waals surface area (Å²) in [5, 5.41) is 21.1. The van der Waals surface area contributed by atoms with Crippen LogP contribution >= 0.6 is 27.5 Å². The summed E-state index contributed by atoms with van der Waals surface area (Å²) in [6.07, 6.45) is -5.99. The van der Waals surface area contributed by atoms with Gasteiger partial charge in [-0.15, -0.1) is 0 Å². The summed E-state index contributed by atoms with van der Waals surface area (Å²) in [5.41, 5.74) is 1.61. The van der Waals surface area contributed by atoms with Crippen LogP contribution in [0.15, 0.2) is 83.3 Å². The lowest BCUT2D eigenvalue weighted by atomic mass is 9.97. The van der Waals surface area contributed by atoms with Gasteiger partial charge in [-0.1, -0.05) is 72.3 Å². The number of nitrogens with zero attached hydrogens (tertiary/aromatic N) is 2. The molecule has 3 atom stereocenters. The number of fused-ring (bicyclic) bond motifs is 1. The number of rotatable bonds is 5. The molecule has 38 heavy (non-hydrogen) atoms. The number of halogens is 5. The Morgan fingerprint density at radius 1 is 1.11 bits per heavy atom. The number of aliphatic hydroxyl groups excluding tert-OH is 1. The van der Waals surface area contributed by atoms with Gasteiger partial charge in [-0.05, 0) is 45.3 Å². The minimum atomic E-state index is -4.59. The Bertz CT molecular complexity index is 1460. The SMILES string of the molecule is O=C(Nc1ccc(Cl)cc1[C@H](O)c1ccccc1)c1nn2c(c1Br)N[C@@H](c1ccccc1)C[C@@H]2C(F)(F)F. The van der Waals surface area contributed by atoms with Crippen LogP contribution < -0.4 is 10.6 Å². The van der Waals surface area contributed by atoms with E-state index in [2.05, 4.69) is 31.7 Å². The van der Waals surface area contributed by atoms with Gasteiger partial charge in [0.1, 0.15) is 11.9 Å². The van der Waals surface area contributed by atoms with Gasteiger partial charge < -0.3 is 15.7 Å². The van der Waals surface area contributed by atoms with Crippen molar-refractivity contribution in [3.05, 3.63) is 111 Å². The number of hydrogen-bond donors (Lipinski definition) is 3. The molecule has 0 saturated carbocycles. The van der Waals surface area contributed by atoms with Gasteiger partial charge in [0.2, 0.25) is 0 Å². The van der Waals surface area contributed by atoms with Gasteiger partial charge in [-0.2, -0.15) is 18.3 Å². The third-order valence-corrected chi connectivity index (χ3v) is 7.37. The van der Waals surface area contributed by atoms with Gasteiger partial charge >= 0.3 is 6.18 Å². The summed E-state index contributed by atoms with van der Waals surface area (Å²) in [6, 6.07) is 19.6. The molecule has 0 saturated heterocycles. The normalized spacial score (nSPS) is 17.8. The van der Waals surface area contributed by atoms with Crippen LogP contribution in [0.4, 0.5) is 24.7 Å². The Labute approximate surface area is 229 Å². The molecular weight excluding hydrogens is 585 g/mol. The molecular formula is C27H21BrClF3N4O2. The Balaban J connectivity index is 1.49. The van der Waals surface area contributed by atoms with E-state index in [0.717, 1.165) is 4.68 Å². The van der Waals surface area contributed by atoms with Gasteiger partial charge in [0.15, 0.2) is 11.7 Å². The zero-order valence-corrected chi connectivity index (χ0v) is 21.9. The van der Waals surface area contributed by atoms with Crippen LogP contribution in [0.5, 0.6) is 0 Å². The Hall–Kier alpha value is -3.34. The minimum absolute atomic E-state index is 0.0539. The summed E-state index contributed by atoms with van der Waals surface area (Å²) in [6.45, 7) is 0. The van der Waals surface area contributed by atoms with Crippen molar-refractivity contribution >= 4 is 44.9 Å². The molecule has 3 N–H and O–H groups in total. The van der Waals surface area contributed by atoms with E-state index >= 15 is 0 Å². The summed E-state index contributed by atoms with van der Waals surface area (Å²) < 4.78 is 43.2. The second-order valence-electron chi connectivity index (χ2n) is 8.86. The summed E-state index contributed by atoms with van der Waals surface area (Å²) in [5.74, 6) is -0.695. The van der Waals surface area contributed by atoms with Crippen molar-refractivity contribution in [2.75, 3.05) is 10.6 Å².